The van der Waals surface area contributed by atoms with Crippen molar-refractivity contribution in [3.8, 4) is 0 Å². The Labute approximate surface area is 543 Å². The average molecular weight is 1310 g/mol. The van der Waals surface area contributed by atoms with Crippen molar-refractivity contribution in [1.29, 1.82) is 0 Å². The van der Waals surface area contributed by atoms with Gasteiger partial charge in [0, 0.05) is 25.7 Å². The molecule has 3 unspecified atom stereocenters. The maximum absolute atomic E-state index is 13.0. The number of carbonyl (C=O) groups excluding carboxylic acids is 4. The molecule has 0 aromatic rings. The number of hydrogen-bond acceptors (Lipinski definition) is 15. The second-order valence-electron chi connectivity index (χ2n) is 26.9. The molecule has 0 rings (SSSR count). The van der Waals surface area contributed by atoms with E-state index in [4.69, 9.17) is 37.0 Å². The minimum Gasteiger partial charge on any atom is -0.462 e. The second kappa shape index (κ2) is 59.8. The van der Waals surface area contributed by atoms with E-state index in [2.05, 4.69) is 55.4 Å². The van der Waals surface area contributed by atoms with Gasteiger partial charge in [-0.2, -0.15) is 0 Å². The van der Waals surface area contributed by atoms with Crippen LogP contribution in [0.25, 0.3) is 0 Å². The molecule has 0 aliphatic heterocycles. The van der Waals surface area contributed by atoms with Crippen molar-refractivity contribution in [3.05, 3.63) is 0 Å². The van der Waals surface area contributed by atoms with Gasteiger partial charge in [0.05, 0.1) is 26.4 Å². The Hall–Kier alpha value is -1.94. The van der Waals surface area contributed by atoms with Crippen LogP contribution >= 0.6 is 15.6 Å². The number of aliphatic hydroxyl groups excluding tert-OH is 1. The van der Waals surface area contributed by atoms with E-state index < -0.39 is 97.5 Å². The molecular formula is C70H136O17P2. The zero-order valence-corrected chi connectivity index (χ0v) is 59.8. The summed E-state index contributed by atoms with van der Waals surface area (Å²) in [5.41, 5.74) is 0. The molecule has 0 heterocycles. The molecule has 0 fully saturated rings. The lowest BCUT2D eigenvalue weighted by Gasteiger charge is -2.21. The number of aliphatic hydroxyl groups is 1. The Morgan fingerprint density at radius 1 is 0.315 bits per heavy atom. The molecule has 89 heavy (non-hydrogen) atoms. The third-order valence-corrected chi connectivity index (χ3v) is 18.3. The molecule has 0 spiro atoms. The van der Waals surface area contributed by atoms with Gasteiger partial charge >= 0.3 is 39.5 Å². The molecule has 0 saturated carbocycles. The van der Waals surface area contributed by atoms with Gasteiger partial charge in [-0.3, -0.25) is 37.3 Å². The van der Waals surface area contributed by atoms with Crippen molar-refractivity contribution < 1.29 is 80.2 Å². The van der Waals surface area contributed by atoms with Crippen LogP contribution in [0.15, 0.2) is 0 Å². The second-order valence-corrected chi connectivity index (χ2v) is 29.8. The van der Waals surface area contributed by atoms with E-state index in [-0.39, 0.29) is 25.7 Å². The molecule has 0 saturated heterocycles. The van der Waals surface area contributed by atoms with E-state index in [1.807, 2.05) is 0 Å². The fourth-order valence-corrected chi connectivity index (χ4v) is 12.0. The molecule has 528 valence electrons. The summed E-state index contributed by atoms with van der Waals surface area (Å²) in [4.78, 5) is 72.5. The Morgan fingerprint density at radius 2 is 0.539 bits per heavy atom. The number of esters is 4. The van der Waals surface area contributed by atoms with Crippen LogP contribution in [-0.4, -0.2) is 96.7 Å². The maximum Gasteiger partial charge on any atom is 0.472 e. The van der Waals surface area contributed by atoms with Gasteiger partial charge in [0.1, 0.15) is 19.3 Å². The first kappa shape index (κ1) is 87.1. The molecule has 17 nitrogen and oxygen atoms in total. The SMILES string of the molecule is CCC(C)CCCCCCCCCCCCC(=O)O[C@H](COC(=O)CCCCCCCCCCCCC(C)C)COP(=O)(O)OC[C@@H](O)COP(=O)(O)OC[C@@H](COC(=O)CCCCCCCCC(C)C)OC(=O)CCCCCCCCCCCCC(C)C. The molecule has 0 aromatic heterocycles. The lowest BCUT2D eigenvalue weighted by molar-refractivity contribution is -0.161. The molecule has 0 amide bonds. The van der Waals surface area contributed by atoms with E-state index in [1.165, 1.54) is 141 Å². The van der Waals surface area contributed by atoms with Crippen LogP contribution in [-0.2, 0) is 65.4 Å². The van der Waals surface area contributed by atoms with Gasteiger partial charge < -0.3 is 33.8 Å². The highest BCUT2D eigenvalue weighted by molar-refractivity contribution is 7.47. The van der Waals surface area contributed by atoms with Crippen LogP contribution in [0, 0.1) is 23.7 Å². The van der Waals surface area contributed by atoms with E-state index in [9.17, 15) is 43.2 Å². The summed E-state index contributed by atoms with van der Waals surface area (Å²) in [6, 6.07) is 0. The number of phosphoric acid groups is 2. The number of hydrogen-bond donors (Lipinski definition) is 3. The summed E-state index contributed by atoms with van der Waals surface area (Å²) >= 11 is 0. The van der Waals surface area contributed by atoms with Crippen LogP contribution in [0.1, 0.15) is 344 Å². The van der Waals surface area contributed by atoms with Gasteiger partial charge in [-0.05, 0) is 49.4 Å². The number of carbonyl (C=O) groups is 4. The molecule has 0 bridgehead atoms. The van der Waals surface area contributed by atoms with Gasteiger partial charge in [-0.15, -0.1) is 0 Å². The monoisotopic (exact) mass is 1310 g/mol. The summed E-state index contributed by atoms with van der Waals surface area (Å²) in [5.74, 6) is 0.862. The van der Waals surface area contributed by atoms with Crippen LogP contribution < -0.4 is 0 Å². The summed E-state index contributed by atoms with van der Waals surface area (Å²) in [7, 11) is -9.90. The summed E-state index contributed by atoms with van der Waals surface area (Å²) < 4.78 is 68.3. The number of ether oxygens (including phenoxy) is 4. The van der Waals surface area contributed by atoms with Crippen molar-refractivity contribution in [1.82, 2.24) is 0 Å². The smallest absolute Gasteiger partial charge is 0.462 e. The quantitative estimate of drug-likeness (QED) is 0.0222. The van der Waals surface area contributed by atoms with Gasteiger partial charge in [0.25, 0.3) is 0 Å². The molecule has 6 atom stereocenters. The Balaban J connectivity index is 5.26. The van der Waals surface area contributed by atoms with E-state index in [1.54, 1.807) is 0 Å². The normalized spacial score (nSPS) is 14.6. The van der Waals surface area contributed by atoms with Gasteiger partial charge in [-0.1, -0.05) is 293 Å². The lowest BCUT2D eigenvalue weighted by Crippen LogP contribution is -2.30. The van der Waals surface area contributed by atoms with Crippen molar-refractivity contribution in [2.75, 3.05) is 39.6 Å². The zero-order chi connectivity index (χ0) is 66.1. The highest BCUT2D eigenvalue weighted by Gasteiger charge is 2.30. The minimum absolute atomic E-state index is 0.104. The topological polar surface area (TPSA) is 237 Å². The standard InChI is InChI=1S/C70H136O17P2/c1-9-63(8)49-41-33-24-18-12-15-21-27-37-45-53-70(75)86-65(56-80-67(72)50-42-34-25-19-13-10-16-22-30-38-46-60(2)3)58-84-88(76,77)82-54-64(71)55-83-89(78,79)85-59-66(57-81-68(73)51-43-35-29-28-32-40-48-62(6)7)87-69(74)52-44-36-26-20-14-11-17-23-31-39-47-61(4)5/h60-66,71H,9-59H2,1-8H3,(H,76,77)(H,78,79)/t63?,64-,65-,66-/m1/s1. The molecule has 0 aromatic carbocycles. The molecule has 0 aliphatic carbocycles. The molecule has 0 radical (unpaired) electrons. The van der Waals surface area contributed by atoms with Crippen molar-refractivity contribution in [2.45, 2.75) is 363 Å². The largest absolute Gasteiger partial charge is 0.472 e. The van der Waals surface area contributed by atoms with Crippen molar-refractivity contribution >= 4 is 39.5 Å². The summed E-state index contributed by atoms with van der Waals surface area (Å²) in [5, 5.41) is 10.6. The molecule has 19 heteroatoms. The maximum atomic E-state index is 13.0. The fourth-order valence-electron chi connectivity index (χ4n) is 10.5. The highest BCUT2D eigenvalue weighted by atomic mass is 31.2. The lowest BCUT2D eigenvalue weighted by atomic mass is 9.99. The highest BCUT2D eigenvalue weighted by Crippen LogP contribution is 2.45. The Bertz CT molecular complexity index is 1770. The van der Waals surface area contributed by atoms with Gasteiger partial charge in [-0.25, -0.2) is 9.13 Å². The van der Waals surface area contributed by atoms with Gasteiger partial charge in [0.2, 0.25) is 0 Å². The fraction of sp³-hybridized carbons (Fsp3) is 0.943. The number of unbranched alkanes of at least 4 members (excludes halogenated alkanes) is 32. The Kier molecular flexibility index (Phi) is 58.5. The molecule has 0 aliphatic rings. The predicted octanol–water partition coefficient (Wildman–Crippen LogP) is 19.7. The van der Waals surface area contributed by atoms with E-state index in [0.717, 1.165) is 114 Å². The number of phosphoric ester groups is 2. The predicted molar refractivity (Wildman–Crippen MR) is 358 cm³/mol. The summed E-state index contributed by atoms with van der Waals surface area (Å²) in [6.45, 7) is 14.1. The first-order chi connectivity index (χ1) is 42.6. The van der Waals surface area contributed by atoms with Crippen LogP contribution in [0.2, 0.25) is 0 Å². The van der Waals surface area contributed by atoms with Crippen LogP contribution in [0.5, 0.6) is 0 Å². The third kappa shape index (κ3) is 63.2. The van der Waals surface area contributed by atoms with Gasteiger partial charge in [0.15, 0.2) is 12.2 Å². The van der Waals surface area contributed by atoms with Crippen molar-refractivity contribution in [2.24, 2.45) is 23.7 Å². The number of rotatable bonds is 67. The van der Waals surface area contributed by atoms with Crippen LogP contribution in [0.3, 0.4) is 0 Å². The molecular weight excluding hydrogens is 1170 g/mol. The van der Waals surface area contributed by atoms with Crippen molar-refractivity contribution in [3.63, 3.8) is 0 Å². The average Bonchev–Trinajstić information content (AvgIpc) is 3.66. The Morgan fingerprint density at radius 3 is 0.798 bits per heavy atom. The minimum atomic E-state index is -4.95. The zero-order valence-electron chi connectivity index (χ0n) is 58.1. The molecule has 3 N–H and O–H groups in total. The van der Waals surface area contributed by atoms with E-state index in [0.29, 0.717) is 31.6 Å². The summed E-state index contributed by atoms with van der Waals surface area (Å²) in [6.07, 6.45) is 41.7. The van der Waals surface area contributed by atoms with Crippen LogP contribution in [0.4, 0.5) is 0 Å². The third-order valence-electron chi connectivity index (χ3n) is 16.4. The first-order valence-electron chi connectivity index (χ1n) is 36.2. The first-order valence-corrected chi connectivity index (χ1v) is 39.2. The van der Waals surface area contributed by atoms with E-state index >= 15 is 0 Å².